The molecule has 140 valence electrons. The number of hydrogen-bond donors (Lipinski definition) is 1. The van der Waals surface area contributed by atoms with Crippen molar-refractivity contribution in [3.05, 3.63) is 65.4 Å². The Morgan fingerprint density at radius 3 is 2.67 bits per heavy atom. The molecule has 3 aromatic rings. The van der Waals surface area contributed by atoms with Gasteiger partial charge in [0.2, 0.25) is 0 Å². The number of anilines is 1. The van der Waals surface area contributed by atoms with E-state index in [1.807, 2.05) is 24.7 Å². The summed E-state index contributed by atoms with van der Waals surface area (Å²) in [6.07, 6.45) is 3.04. The van der Waals surface area contributed by atoms with Crippen molar-refractivity contribution >= 4 is 5.82 Å². The first-order valence-corrected chi connectivity index (χ1v) is 9.33. The van der Waals surface area contributed by atoms with E-state index in [1.165, 1.54) is 5.56 Å². The molecule has 1 N–H and O–H groups in total. The van der Waals surface area contributed by atoms with E-state index in [-0.39, 0.29) is 6.10 Å². The summed E-state index contributed by atoms with van der Waals surface area (Å²) in [6, 6.07) is 12.6. The maximum absolute atomic E-state index is 9.53. The quantitative estimate of drug-likeness (QED) is 0.754. The van der Waals surface area contributed by atoms with Gasteiger partial charge in [0.05, 0.1) is 17.5 Å². The molecule has 1 saturated carbocycles. The van der Waals surface area contributed by atoms with E-state index >= 15 is 0 Å². The van der Waals surface area contributed by atoms with Gasteiger partial charge in [0.1, 0.15) is 12.1 Å². The van der Waals surface area contributed by atoms with E-state index in [0.29, 0.717) is 5.92 Å². The van der Waals surface area contributed by atoms with Crippen LogP contribution in [0, 0.1) is 13.8 Å². The van der Waals surface area contributed by atoms with Gasteiger partial charge in [-0.1, -0.05) is 12.1 Å². The van der Waals surface area contributed by atoms with Crippen LogP contribution in [0.1, 0.15) is 41.4 Å². The molecule has 6 nitrogen and oxygen atoms in total. The lowest BCUT2D eigenvalue weighted by Gasteiger charge is -2.31. The zero-order valence-electron chi connectivity index (χ0n) is 16.0. The van der Waals surface area contributed by atoms with Crippen molar-refractivity contribution in [3.63, 3.8) is 0 Å². The normalized spacial score (nSPS) is 19.0. The third-order valence-electron chi connectivity index (χ3n) is 5.18. The Hall–Kier alpha value is -2.73. The number of benzene rings is 1. The predicted molar refractivity (Wildman–Crippen MR) is 105 cm³/mol. The maximum atomic E-state index is 9.53. The Kier molecular flexibility index (Phi) is 4.66. The zero-order valence-corrected chi connectivity index (χ0v) is 16.0. The van der Waals surface area contributed by atoms with Crippen molar-refractivity contribution in [2.45, 2.75) is 45.3 Å². The molecule has 0 atom stereocenters. The molecular weight excluding hydrogens is 338 g/mol. The molecule has 1 aromatic carbocycles. The molecule has 4 rings (SSSR count). The van der Waals surface area contributed by atoms with E-state index in [0.717, 1.165) is 48.0 Å². The predicted octanol–water partition coefficient (Wildman–Crippen LogP) is 3.15. The highest BCUT2D eigenvalue weighted by Gasteiger charge is 2.29. The van der Waals surface area contributed by atoms with Crippen LogP contribution in [0.5, 0.6) is 0 Å². The molecule has 0 spiro atoms. The lowest BCUT2D eigenvalue weighted by Crippen LogP contribution is -2.27. The molecule has 1 aliphatic carbocycles. The molecule has 27 heavy (non-hydrogen) atoms. The first-order chi connectivity index (χ1) is 13.0. The van der Waals surface area contributed by atoms with Crippen LogP contribution in [0.2, 0.25) is 0 Å². The van der Waals surface area contributed by atoms with E-state index in [1.54, 1.807) is 6.33 Å². The zero-order chi connectivity index (χ0) is 19.0. The van der Waals surface area contributed by atoms with Crippen molar-refractivity contribution < 1.29 is 5.11 Å². The molecule has 2 aromatic heterocycles. The summed E-state index contributed by atoms with van der Waals surface area (Å²) in [7, 11) is 2.04. The maximum Gasteiger partial charge on any atom is 0.132 e. The highest BCUT2D eigenvalue weighted by molar-refractivity contribution is 5.43. The van der Waals surface area contributed by atoms with Crippen molar-refractivity contribution in [3.8, 4) is 5.69 Å². The molecule has 1 fully saturated rings. The van der Waals surface area contributed by atoms with Gasteiger partial charge in [-0.05, 0) is 50.5 Å². The summed E-state index contributed by atoms with van der Waals surface area (Å²) in [5.74, 6) is 1.25. The van der Waals surface area contributed by atoms with Gasteiger partial charge >= 0.3 is 0 Å². The van der Waals surface area contributed by atoms with Crippen LogP contribution in [-0.2, 0) is 6.54 Å². The monoisotopic (exact) mass is 363 g/mol. The Morgan fingerprint density at radius 2 is 1.96 bits per heavy atom. The van der Waals surface area contributed by atoms with Crippen molar-refractivity contribution in [2.24, 2.45) is 0 Å². The van der Waals surface area contributed by atoms with Gasteiger partial charge in [-0.15, -0.1) is 0 Å². The second-order valence-electron chi connectivity index (χ2n) is 7.49. The summed E-state index contributed by atoms with van der Waals surface area (Å²) < 4.78 is 1.98. The van der Waals surface area contributed by atoms with Gasteiger partial charge in [0, 0.05) is 37.0 Å². The first-order valence-electron chi connectivity index (χ1n) is 9.33. The van der Waals surface area contributed by atoms with Crippen molar-refractivity contribution in [2.75, 3.05) is 11.9 Å². The minimum Gasteiger partial charge on any atom is -0.393 e. The Bertz CT molecular complexity index is 945. The fourth-order valence-corrected chi connectivity index (χ4v) is 3.65. The second kappa shape index (κ2) is 7.12. The van der Waals surface area contributed by atoms with Gasteiger partial charge in [0.15, 0.2) is 0 Å². The third kappa shape index (κ3) is 3.71. The molecule has 1 aliphatic rings. The fourth-order valence-electron chi connectivity index (χ4n) is 3.65. The summed E-state index contributed by atoms with van der Waals surface area (Å²) in [5, 5.41) is 14.1. The number of aliphatic hydroxyl groups is 1. The fraction of sp³-hybridized carbons (Fsp3) is 0.381. The number of aliphatic hydroxyl groups excluding tert-OH is 1. The molecule has 0 aliphatic heterocycles. The molecular formula is C21H25N5O. The SMILES string of the molecule is Cc1cc(C)n(-c2cccc(CN(C)c3cc(C4CC(O)C4)ncn3)c2)n1. The molecule has 0 radical (unpaired) electrons. The lowest BCUT2D eigenvalue weighted by atomic mass is 9.80. The van der Waals surface area contributed by atoms with Crippen LogP contribution in [0.15, 0.2) is 42.7 Å². The first kappa shape index (κ1) is 17.7. The minimum atomic E-state index is -0.178. The van der Waals surface area contributed by atoms with E-state index in [4.69, 9.17) is 0 Å². The molecule has 6 heteroatoms. The molecule has 0 bridgehead atoms. The molecule has 0 saturated heterocycles. The standard InChI is InChI=1S/C21H25N5O/c1-14-7-15(2)26(24-14)18-6-4-5-16(8-18)12-25(3)21-11-20(22-13-23-21)17-9-19(27)10-17/h4-8,11,13,17,19,27H,9-10,12H2,1-3H3. The van der Waals surface area contributed by atoms with Gasteiger partial charge < -0.3 is 10.0 Å². The van der Waals surface area contributed by atoms with Crippen LogP contribution in [0.4, 0.5) is 5.82 Å². The Balaban J connectivity index is 1.51. The summed E-state index contributed by atoms with van der Waals surface area (Å²) in [4.78, 5) is 10.9. The smallest absolute Gasteiger partial charge is 0.132 e. The highest BCUT2D eigenvalue weighted by Crippen LogP contribution is 2.36. The van der Waals surface area contributed by atoms with E-state index in [2.05, 4.69) is 57.2 Å². The topological polar surface area (TPSA) is 67.1 Å². The number of hydrogen-bond acceptors (Lipinski definition) is 5. The van der Waals surface area contributed by atoms with Gasteiger partial charge in [-0.2, -0.15) is 5.10 Å². The average Bonchev–Trinajstić information content (AvgIpc) is 2.97. The Labute approximate surface area is 159 Å². The van der Waals surface area contributed by atoms with Crippen molar-refractivity contribution in [1.29, 1.82) is 0 Å². The van der Waals surface area contributed by atoms with E-state index < -0.39 is 0 Å². The largest absolute Gasteiger partial charge is 0.393 e. The highest BCUT2D eigenvalue weighted by atomic mass is 16.3. The van der Waals surface area contributed by atoms with Crippen molar-refractivity contribution in [1.82, 2.24) is 19.7 Å². The van der Waals surface area contributed by atoms with Crippen LogP contribution < -0.4 is 4.90 Å². The Morgan fingerprint density at radius 1 is 1.15 bits per heavy atom. The van der Waals surface area contributed by atoms with Crippen LogP contribution in [-0.4, -0.2) is 38.0 Å². The van der Waals surface area contributed by atoms with E-state index in [9.17, 15) is 5.11 Å². The van der Waals surface area contributed by atoms with Gasteiger partial charge in [-0.3, -0.25) is 0 Å². The van der Waals surface area contributed by atoms with Crippen LogP contribution in [0.3, 0.4) is 0 Å². The number of nitrogens with zero attached hydrogens (tertiary/aromatic N) is 5. The molecule has 2 heterocycles. The second-order valence-corrected chi connectivity index (χ2v) is 7.49. The molecule has 0 amide bonds. The van der Waals surface area contributed by atoms with Crippen LogP contribution in [0.25, 0.3) is 5.69 Å². The minimum absolute atomic E-state index is 0.178. The van der Waals surface area contributed by atoms with Crippen LogP contribution >= 0.6 is 0 Å². The number of aromatic nitrogens is 4. The number of aryl methyl sites for hydroxylation is 2. The summed E-state index contributed by atoms with van der Waals surface area (Å²) >= 11 is 0. The van der Waals surface area contributed by atoms with Gasteiger partial charge in [-0.25, -0.2) is 14.6 Å². The number of rotatable bonds is 5. The molecule has 0 unspecified atom stereocenters. The third-order valence-corrected chi connectivity index (χ3v) is 5.18. The summed E-state index contributed by atoms with van der Waals surface area (Å²) in [6.45, 7) is 4.82. The average molecular weight is 363 g/mol. The lowest BCUT2D eigenvalue weighted by molar-refractivity contribution is 0.0732. The van der Waals surface area contributed by atoms with Gasteiger partial charge in [0.25, 0.3) is 0 Å². The summed E-state index contributed by atoms with van der Waals surface area (Å²) in [5.41, 5.74) is 5.43.